The maximum Gasteiger partial charge on any atom is 0.345 e. The summed E-state index contributed by atoms with van der Waals surface area (Å²) in [4.78, 5) is 12.0. The molecule has 0 amide bonds. The Morgan fingerprint density at radius 1 is 1.64 bits per heavy atom. The lowest BCUT2D eigenvalue weighted by atomic mass is 10.2. The van der Waals surface area contributed by atoms with Gasteiger partial charge in [0.25, 0.3) is 0 Å². The van der Waals surface area contributed by atoms with Crippen LogP contribution in [-0.2, 0) is 6.54 Å². The van der Waals surface area contributed by atoms with Crippen molar-refractivity contribution in [1.29, 1.82) is 0 Å². The Morgan fingerprint density at radius 3 is 2.86 bits per heavy atom. The minimum Gasteiger partial charge on any atom is -0.477 e. The predicted molar refractivity (Wildman–Crippen MR) is 54.8 cm³/mol. The number of aliphatic hydroxyl groups excluding tert-OH is 1. The molecule has 0 radical (unpaired) electrons. The second kappa shape index (κ2) is 5.09. The largest absolute Gasteiger partial charge is 0.477 e. The van der Waals surface area contributed by atoms with Crippen LogP contribution >= 0.6 is 11.3 Å². The average Bonchev–Trinajstić information content (AvgIpc) is 2.49. The van der Waals surface area contributed by atoms with E-state index in [0.29, 0.717) is 18.0 Å². The molecule has 0 bridgehead atoms. The van der Waals surface area contributed by atoms with Crippen LogP contribution in [0.4, 0.5) is 0 Å². The first-order valence-corrected chi connectivity index (χ1v) is 5.11. The summed E-state index contributed by atoms with van der Waals surface area (Å²) >= 11 is 1.28. The van der Waals surface area contributed by atoms with Gasteiger partial charge >= 0.3 is 5.97 Å². The number of hydrogen-bond donors (Lipinski definition) is 3. The van der Waals surface area contributed by atoms with Crippen LogP contribution in [0.15, 0.2) is 6.07 Å². The van der Waals surface area contributed by atoms with Gasteiger partial charge in [0.1, 0.15) is 4.88 Å². The number of hydrogen-bond acceptors (Lipinski definition) is 4. The number of aryl methyl sites for hydroxylation is 1. The summed E-state index contributed by atoms with van der Waals surface area (Å²) in [5, 5.41) is 20.3. The molecule has 0 aliphatic heterocycles. The molecule has 0 fully saturated rings. The second-order valence-electron chi connectivity index (χ2n) is 2.90. The number of aliphatic hydroxyl groups is 1. The van der Waals surface area contributed by atoms with Crippen molar-refractivity contribution in [2.45, 2.75) is 13.5 Å². The van der Waals surface area contributed by atoms with Gasteiger partial charge in [-0.3, -0.25) is 0 Å². The lowest BCUT2D eigenvalue weighted by Gasteiger charge is -2.00. The molecular formula is C9H13NO3S. The van der Waals surface area contributed by atoms with E-state index in [9.17, 15) is 4.79 Å². The van der Waals surface area contributed by atoms with E-state index in [4.69, 9.17) is 10.2 Å². The Kier molecular flexibility index (Phi) is 4.06. The van der Waals surface area contributed by atoms with Gasteiger partial charge in [0.05, 0.1) is 6.61 Å². The monoisotopic (exact) mass is 215 g/mol. The van der Waals surface area contributed by atoms with Crippen molar-refractivity contribution < 1.29 is 15.0 Å². The third kappa shape index (κ3) is 2.80. The Labute approximate surface area is 86.2 Å². The molecule has 0 atom stereocenters. The normalized spacial score (nSPS) is 10.4. The highest BCUT2D eigenvalue weighted by Gasteiger charge is 2.10. The van der Waals surface area contributed by atoms with Crippen LogP contribution in [0, 0.1) is 6.92 Å². The molecule has 0 aliphatic rings. The van der Waals surface area contributed by atoms with E-state index >= 15 is 0 Å². The van der Waals surface area contributed by atoms with Gasteiger partial charge in [0.2, 0.25) is 0 Å². The molecule has 5 heteroatoms. The number of carbonyl (C=O) groups is 1. The molecule has 1 rings (SSSR count). The summed E-state index contributed by atoms with van der Waals surface area (Å²) < 4.78 is 0. The lowest BCUT2D eigenvalue weighted by Crippen LogP contribution is -2.17. The van der Waals surface area contributed by atoms with Gasteiger partial charge in [-0.15, -0.1) is 11.3 Å². The third-order valence-corrected chi connectivity index (χ3v) is 2.92. The summed E-state index contributed by atoms with van der Waals surface area (Å²) in [6.45, 7) is 3.12. The van der Waals surface area contributed by atoms with Crippen LogP contribution in [0.2, 0.25) is 0 Å². The number of aromatic carboxylic acids is 1. The molecule has 0 spiro atoms. The van der Waals surface area contributed by atoms with Crippen molar-refractivity contribution in [2.24, 2.45) is 0 Å². The van der Waals surface area contributed by atoms with Gasteiger partial charge in [-0.05, 0) is 18.6 Å². The van der Waals surface area contributed by atoms with Gasteiger partial charge in [0.15, 0.2) is 0 Å². The first-order valence-electron chi connectivity index (χ1n) is 4.29. The zero-order chi connectivity index (χ0) is 10.6. The van der Waals surface area contributed by atoms with Crippen molar-refractivity contribution in [3.8, 4) is 0 Å². The van der Waals surface area contributed by atoms with Crippen molar-refractivity contribution in [2.75, 3.05) is 13.2 Å². The molecule has 1 heterocycles. The van der Waals surface area contributed by atoms with Gasteiger partial charge in [-0.2, -0.15) is 0 Å². The fourth-order valence-electron chi connectivity index (χ4n) is 1.10. The van der Waals surface area contributed by atoms with E-state index in [2.05, 4.69) is 5.32 Å². The Bertz CT molecular complexity index is 322. The Hall–Kier alpha value is -0.910. The molecule has 78 valence electrons. The molecule has 1 aromatic rings. The number of thiophene rings is 1. The van der Waals surface area contributed by atoms with Crippen LogP contribution < -0.4 is 5.32 Å². The summed E-state index contributed by atoms with van der Waals surface area (Å²) in [7, 11) is 0. The van der Waals surface area contributed by atoms with E-state index in [0.717, 1.165) is 10.4 Å². The van der Waals surface area contributed by atoms with Crippen LogP contribution in [0.25, 0.3) is 0 Å². The van der Waals surface area contributed by atoms with Crippen LogP contribution in [0.3, 0.4) is 0 Å². The maximum atomic E-state index is 10.6. The minimum atomic E-state index is -0.883. The van der Waals surface area contributed by atoms with Crippen molar-refractivity contribution in [3.05, 3.63) is 21.4 Å². The van der Waals surface area contributed by atoms with E-state index in [1.54, 1.807) is 6.07 Å². The van der Waals surface area contributed by atoms with Crippen molar-refractivity contribution >= 4 is 17.3 Å². The number of carboxylic acid groups (broad SMARTS) is 1. The minimum absolute atomic E-state index is 0.0922. The van der Waals surface area contributed by atoms with Crippen LogP contribution in [0.1, 0.15) is 20.1 Å². The van der Waals surface area contributed by atoms with E-state index < -0.39 is 5.97 Å². The first kappa shape index (κ1) is 11.2. The molecule has 1 aromatic heterocycles. The quantitative estimate of drug-likeness (QED) is 0.636. The maximum absolute atomic E-state index is 10.6. The van der Waals surface area contributed by atoms with E-state index in [1.807, 2.05) is 6.92 Å². The molecule has 14 heavy (non-hydrogen) atoms. The molecule has 0 saturated carbocycles. The summed E-state index contributed by atoms with van der Waals surface area (Å²) in [6.07, 6.45) is 0. The smallest absolute Gasteiger partial charge is 0.345 e. The van der Waals surface area contributed by atoms with Crippen molar-refractivity contribution in [3.63, 3.8) is 0 Å². The number of nitrogens with one attached hydrogen (secondary N) is 1. The fraction of sp³-hybridized carbons (Fsp3) is 0.444. The first-order chi connectivity index (χ1) is 6.65. The molecule has 0 aromatic carbocycles. The molecule has 0 aliphatic carbocycles. The Morgan fingerprint density at radius 2 is 2.36 bits per heavy atom. The van der Waals surface area contributed by atoms with E-state index in [-0.39, 0.29) is 6.61 Å². The summed E-state index contributed by atoms with van der Waals surface area (Å²) in [5.74, 6) is -0.883. The predicted octanol–water partition coefficient (Wildman–Crippen LogP) is 0.837. The van der Waals surface area contributed by atoms with Crippen LogP contribution in [-0.4, -0.2) is 29.3 Å². The molecule has 4 nitrogen and oxygen atoms in total. The highest BCUT2D eigenvalue weighted by Crippen LogP contribution is 2.21. The zero-order valence-electron chi connectivity index (χ0n) is 7.91. The molecule has 3 N–H and O–H groups in total. The summed E-state index contributed by atoms with van der Waals surface area (Å²) in [6, 6.07) is 1.67. The van der Waals surface area contributed by atoms with Gasteiger partial charge in [-0.25, -0.2) is 4.79 Å². The average molecular weight is 215 g/mol. The lowest BCUT2D eigenvalue weighted by molar-refractivity contribution is 0.0702. The highest BCUT2D eigenvalue weighted by atomic mass is 32.1. The highest BCUT2D eigenvalue weighted by molar-refractivity contribution is 7.14. The standard InChI is InChI=1S/C9H13NO3S/c1-6-7(5-10-2-3-11)4-8(14-6)9(12)13/h4,10-11H,2-3,5H2,1H3,(H,12,13). The van der Waals surface area contributed by atoms with Crippen LogP contribution in [0.5, 0.6) is 0 Å². The van der Waals surface area contributed by atoms with Gasteiger partial charge in [0, 0.05) is 18.0 Å². The third-order valence-electron chi connectivity index (χ3n) is 1.84. The zero-order valence-corrected chi connectivity index (χ0v) is 8.73. The van der Waals surface area contributed by atoms with Gasteiger partial charge < -0.3 is 15.5 Å². The Balaban J connectivity index is 2.63. The second-order valence-corrected chi connectivity index (χ2v) is 4.15. The number of carboxylic acids is 1. The molecular weight excluding hydrogens is 202 g/mol. The topological polar surface area (TPSA) is 69.6 Å². The summed E-state index contributed by atoms with van der Waals surface area (Å²) in [5.41, 5.74) is 0.987. The SMILES string of the molecule is Cc1sc(C(=O)O)cc1CNCCO. The number of rotatable bonds is 5. The van der Waals surface area contributed by atoms with Crippen molar-refractivity contribution in [1.82, 2.24) is 5.32 Å². The molecule has 0 unspecified atom stereocenters. The fourth-order valence-corrected chi connectivity index (χ4v) is 1.98. The molecule has 0 saturated heterocycles. The van der Waals surface area contributed by atoms with E-state index in [1.165, 1.54) is 11.3 Å². The van der Waals surface area contributed by atoms with Gasteiger partial charge in [-0.1, -0.05) is 0 Å².